The predicted molar refractivity (Wildman–Crippen MR) is 165 cm³/mol. The zero-order valence-electron chi connectivity index (χ0n) is 24.5. The van der Waals surface area contributed by atoms with Gasteiger partial charge in [-0.25, -0.2) is 18.4 Å². The molecule has 6 rings (SSSR count). The number of aromatic carboxylic acids is 1. The van der Waals surface area contributed by atoms with Gasteiger partial charge in [-0.1, -0.05) is 24.6 Å². The van der Waals surface area contributed by atoms with Gasteiger partial charge in [0, 0.05) is 35.9 Å². The average Bonchev–Trinajstić information content (AvgIpc) is 3.09. The van der Waals surface area contributed by atoms with Gasteiger partial charge in [0.15, 0.2) is 0 Å². The number of anilines is 1. The van der Waals surface area contributed by atoms with E-state index >= 15 is 0 Å². The van der Waals surface area contributed by atoms with E-state index in [2.05, 4.69) is 24.0 Å². The van der Waals surface area contributed by atoms with Gasteiger partial charge in [0.1, 0.15) is 5.75 Å². The normalized spacial score (nSPS) is 30.5. The Morgan fingerprint density at radius 3 is 2.81 bits per heavy atom. The van der Waals surface area contributed by atoms with Gasteiger partial charge in [0.25, 0.3) is 0 Å². The number of ether oxygens (including phenoxy) is 3. The van der Waals surface area contributed by atoms with Gasteiger partial charge in [-0.2, -0.15) is 0 Å². The van der Waals surface area contributed by atoms with Crippen molar-refractivity contribution in [2.24, 2.45) is 22.9 Å². The van der Waals surface area contributed by atoms with E-state index in [1.165, 1.54) is 11.1 Å². The highest BCUT2D eigenvalue weighted by Crippen LogP contribution is 2.47. The summed E-state index contributed by atoms with van der Waals surface area (Å²) in [4.78, 5) is 14.3. The van der Waals surface area contributed by atoms with Crippen molar-refractivity contribution in [2.45, 2.75) is 63.1 Å². The van der Waals surface area contributed by atoms with Crippen LogP contribution in [-0.2, 0) is 31.3 Å². The Morgan fingerprint density at radius 2 is 2.07 bits per heavy atom. The van der Waals surface area contributed by atoms with Crippen LogP contribution >= 0.6 is 11.6 Å². The molecule has 0 unspecified atom stereocenters. The predicted octanol–water partition coefficient (Wildman–Crippen LogP) is 4.64. The first-order valence-electron chi connectivity index (χ1n) is 15.3. The highest BCUT2D eigenvalue weighted by atomic mass is 35.5. The second-order valence-electron chi connectivity index (χ2n) is 13.0. The number of aryl methyl sites for hydroxylation is 1. The number of primary sulfonamides is 1. The summed E-state index contributed by atoms with van der Waals surface area (Å²) in [6, 6.07) is 11.4. The molecule has 0 bridgehead atoms. The molecule has 2 aliphatic heterocycles. The molecule has 0 aromatic heterocycles. The number of benzene rings is 2. The van der Waals surface area contributed by atoms with Crippen molar-refractivity contribution in [3.8, 4) is 5.75 Å². The van der Waals surface area contributed by atoms with Crippen molar-refractivity contribution in [2.75, 3.05) is 43.6 Å². The van der Waals surface area contributed by atoms with Gasteiger partial charge in [0.2, 0.25) is 10.0 Å². The molecule has 1 spiro atoms. The minimum atomic E-state index is -3.57. The average molecular weight is 633 g/mol. The first-order chi connectivity index (χ1) is 20.5. The molecule has 6 atom stereocenters. The maximum Gasteiger partial charge on any atom is 0.335 e. The molecule has 0 radical (unpaired) electrons. The molecule has 2 aromatic rings. The van der Waals surface area contributed by atoms with E-state index in [0.29, 0.717) is 37.2 Å². The number of carboxylic acid groups (broad SMARTS) is 1. The van der Waals surface area contributed by atoms with Gasteiger partial charge in [-0.05, 0) is 85.4 Å². The Hall–Kier alpha value is -2.37. The van der Waals surface area contributed by atoms with E-state index in [1.807, 2.05) is 6.07 Å². The Morgan fingerprint density at radius 1 is 1.23 bits per heavy atom. The number of carbonyl (C=O) groups is 1. The molecule has 234 valence electrons. The van der Waals surface area contributed by atoms with Gasteiger partial charge >= 0.3 is 5.97 Å². The lowest BCUT2D eigenvalue weighted by atomic mass is 9.67. The van der Waals surface area contributed by atoms with Gasteiger partial charge in [-0.3, -0.25) is 0 Å². The maximum absolute atomic E-state index is 12.0. The van der Waals surface area contributed by atoms with Crippen LogP contribution in [0.25, 0.3) is 0 Å². The van der Waals surface area contributed by atoms with Crippen molar-refractivity contribution in [1.29, 1.82) is 0 Å². The van der Waals surface area contributed by atoms with Crippen molar-refractivity contribution >= 4 is 33.3 Å². The molecular formula is C32H41ClN2O7S. The Bertz CT molecular complexity index is 1470. The molecule has 0 amide bonds. The number of rotatable bonds is 8. The monoisotopic (exact) mass is 632 g/mol. The summed E-state index contributed by atoms with van der Waals surface area (Å²) in [6.45, 7) is 4.73. The molecular weight excluding hydrogens is 592 g/mol. The van der Waals surface area contributed by atoms with E-state index in [9.17, 15) is 18.3 Å². The van der Waals surface area contributed by atoms with Crippen LogP contribution in [0.2, 0.25) is 5.02 Å². The lowest BCUT2D eigenvalue weighted by Crippen LogP contribution is -2.51. The largest absolute Gasteiger partial charge is 0.490 e. The van der Waals surface area contributed by atoms with Crippen LogP contribution in [0.1, 0.15) is 60.5 Å². The number of fused-ring (bicyclic) bond motifs is 3. The van der Waals surface area contributed by atoms with E-state index < -0.39 is 16.0 Å². The second kappa shape index (κ2) is 12.2. The topological polar surface area (TPSA) is 128 Å². The number of nitrogens with zero attached hydrogens (tertiary/aromatic N) is 1. The third-order valence-corrected chi connectivity index (χ3v) is 11.0. The van der Waals surface area contributed by atoms with Crippen molar-refractivity contribution in [3.05, 3.63) is 58.1 Å². The quantitative estimate of drug-likeness (QED) is 0.431. The fourth-order valence-electron chi connectivity index (χ4n) is 7.60. The van der Waals surface area contributed by atoms with Gasteiger partial charge in [0.05, 0.1) is 49.0 Å². The van der Waals surface area contributed by atoms with Crippen molar-refractivity contribution in [3.63, 3.8) is 0 Å². The molecule has 9 nitrogen and oxygen atoms in total. The van der Waals surface area contributed by atoms with Crippen molar-refractivity contribution < 1.29 is 32.5 Å². The van der Waals surface area contributed by atoms with E-state index in [4.69, 9.17) is 31.0 Å². The summed E-state index contributed by atoms with van der Waals surface area (Å²) in [5.41, 5.74) is 3.37. The number of hydrogen-bond acceptors (Lipinski definition) is 7. The summed E-state index contributed by atoms with van der Waals surface area (Å²) in [5.74, 6) is 0.413. The third-order valence-electron chi connectivity index (χ3n) is 10.1. The lowest BCUT2D eigenvalue weighted by Gasteiger charge is -2.48. The van der Waals surface area contributed by atoms with Gasteiger partial charge in [-0.15, -0.1) is 0 Å². The Labute approximate surface area is 258 Å². The Kier molecular flexibility index (Phi) is 8.69. The third kappa shape index (κ3) is 6.54. The zero-order valence-corrected chi connectivity index (χ0v) is 26.1. The number of halogens is 1. The number of nitrogens with two attached hydrogens (primary N) is 1. The number of hydrogen-bond donors (Lipinski definition) is 2. The molecule has 11 heteroatoms. The molecule has 3 N–H and O–H groups in total. The van der Waals surface area contributed by atoms with Crippen LogP contribution in [0.4, 0.5) is 5.69 Å². The van der Waals surface area contributed by atoms with E-state index in [-0.39, 0.29) is 41.5 Å². The highest BCUT2D eigenvalue weighted by molar-refractivity contribution is 7.89. The van der Waals surface area contributed by atoms with Crippen LogP contribution in [0.3, 0.4) is 0 Å². The minimum Gasteiger partial charge on any atom is -0.490 e. The fourth-order valence-corrected chi connectivity index (χ4v) is 8.12. The summed E-state index contributed by atoms with van der Waals surface area (Å²) < 4.78 is 41.6. The summed E-state index contributed by atoms with van der Waals surface area (Å²) in [5, 5.41) is 15.7. The van der Waals surface area contributed by atoms with E-state index in [1.54, 1.807) is 18.2 Å². The molecule has 2 aromatic carbocycles. The molecule has 2 aliphatic carbocycles. The summed E-state index contributed by atoms with van der Waals surface area (Å²) >= 11 is 6.39. The highest BCUT2D eigenvalue weighted by Gasteiger charge is 2.46. The second-order valence-corrected chi connectivity index (χ2v) is 15.1. The molecule has 1 saturated carbocycles. The number of sulfonamides is 1. The number of carboxylic acids is 1. The van der Waals surface area contributed by atoms with Crippen molar-refractivity contribution in [1.82, 2.24) is 0 Å². The standard InChI is InChI=1S/C32H41ClN2O7S/c1-20-17-41-30(15-29(20)40-11-12-43(34,38)39)25-7-4-23(25)16-35-18-32(10-2-3-21-13-24(33)6-8-26(21)32)19-42-28-9-5-22(31(36)37)14-27(28)35/h5-6,8-9,13-14,20,23,25,29-30H,2-4,7,10-12,15-19H2,1H3,(H,36,37)(H2,34,38,39)/t20-,23+,25-,29-,30+,32+/m1/s1. The first-order valence-corrected chi connectivity index (χ1v) is 17.4. The Balaban J connectivity index is 1.24. The summed E-state index contributed by atoms with van der Waals surface area (Å²) in [6.07, 6.45) is 5.76. The lowest BCUT2D eigenvalue weighted by molar-refractivity contribution is -0.139. The minimum absolute atomic E-state index is 0.0222. The van der Waals surface area contributed by atoms with Crippen LogP contribution in [0.15, 0.2) is 36.4 Å². The van der Waals surface area contributed by atoms with Crippen LogP contribution in [-0.4, -0.2) is 70.4 Å². The van der Waals surface area contributed by atoms with Crippen LogP contribution in [0.5, 0.6) is 5.75 Å². The first kappa shape index (κ1) is 30.6. The van der Waals surface area contributed by atoms with Crippen LogP contribution < -0.4 is 14.8 Å². The molecule has 2 fully saturated rings. The van der Waals surface area contributed by atoms with E-state index in [0.717, 1.165) is 55.9 Å². The molecule has 2 heterocycles. The SMILES string of the molecule is C[C@@H]1CO[C@H]([C@@H]2CC[C@H]2CN2C[C@@]3(CCCc4cc(Cl)ccc43)COc3ccc(C(=O)O)cc32)C[C@H]1OCCS(N)(=O)=O. The maximum atomic E-state index is 12.0. The smallest absolute Gasteiger partial charge is 0.335 e. The fraction of sp³-hybridized carbons (Fsp3) is 0.594. The molecule has 4 aliphatic rings. The summed E-state index contributed by atoms with van der Waals surface area (Å²) in [7, 11) is -3.57. The molecule has 1 saturated heterocycles. The zero-order chi connectivity index (χ0) is 30.4. The van der Waals surface area contributed by atoms with Gasteiger partial charge < -0.3 is 24.2 Å². The van der Waals surface area contributed by atoms with Crippen LogP contribution in [0, 0.1) is 17.8 Å². The molecule has 43 heavy (non-hydrogen) atoms.